The second-order valence-corrected chi connectivity index (χ2v) is 6.69. The molecule has 1 amide bonds. The first-order chi connectivity index (χ1) is 11.6. The lowest BCUT2D eigenvalue weighted by Crippen LogP contribution is -2.49. The van der Waals surface area contributed by atoms with Crippen LogP contribution in [0.1, 0.15) is 24.0 Å². The highest BCUT2D eigenvalue weighted by molar-refractivity contribution is 6.30. The van der Waals surface area contributed by atoms with Crippen LogP contribution in [0, 0.1) is 0 Å². The lowest BCUT2D eigenvalue weighted by molar-refractivity contribution is -0.140. The summed E-state index contributed by atoms with van der Waals surface area (Å²) in [5.74, 6) is -0.0396. The van der Waals surface area contributed by atoms with Crippen molar-refractivity contribution in [1.82, 2.24) is 4.90 Å². The molecule has 2 aromatic carbocycles. The van der Waals surface area contributed by atoms with Gasteiger partial charge in [0.1, 0.15) is 0 Å². The van der Waals surface area contributed by atoms with Gasteiger partial charge >= 0.3 is 0 Å². The lowest BCUT2D eigenvalue weighted by atomic mass is 9.90. The molecule has 3 rings (SSSR count). The predicted molar refractivity (Wildman–Crippen MR) is 96.3 cm³/mol. The van der Waals surface area contributed by atoms with Crippen LogP contribution < -0.4 is 0 Å². The third-order valence-corrected chi connectivity index (χ3v) is 4.76. The molecule has 2 aromatic rings. The second-order valence-electron chi connectivity index (χ2n) is 6.25. The van der Waals surface area contributed by atoms with Gasteiger partial charge in [0.25, 0.3) is 0 Å². The first-order valence-electron chi connectivity index (χ1n) is 8.33. The minimum absolute atomic E-state index is 0.108. The molecule has 0 saturated carbocycles. The van der Waals surface area contributed by atoms with Gasteiger partial charge in [0.2, 0.25) is 5.91 Å². The van der Waals surface area contributed by atoms with E-state index in [0.29, 0.717) is 31.2 Å². The molecule has 1 fully saturated rings. The molecule has 0 radical (unpaired) electrons. The van der Waals surface area contributed by atoms with Crippen LogP contribution in [0.25, 0.3) is 0 Å². The average molecular weight is 344 g/mol. The Kier molecular flexibility index (Phi) is 5.54. The van der Waals surface area contributed by atoms with Crippen LogP contribution in [-0.2, 0) is 16.0 Å². The zero-order valence-electron chi connectivity index (χ0n) is 13.8. The summed E-state index contributed by atoms with van der Waals surface area (Å²) in [6.45, 7) is 3.90. The Hall–Kier alpha value is -1.84. The predicted octanol–water partition coefficient (Wildman–Crippen LogP) is 3.91. The van der Waals surface area contributed by atoms with E-state index in [1.54, 1.807) is 0 Å². The normalized spacial score (nSPS) is 19.1. The fourth-order valence-electron chi connectivity index (χ4n) is 3.15. The maximum absolute atomic E-state index is 13.2. The van der Waals surface area contributed by atoms with Crippen molar-refractivity contribution in [2.75, 3.05) is 19.8 Å². The van der Waals surface area contributed by atoms with Gasteiger partial charge in [-0.2, -0.15) is 0 Å². The summed E-state index contributed by atoms with van der Waals surface area (Å²) in [6.07, 6.45) is 0.686. The summed E-state index contributed by atoms with van der Waals surface area (Å²) < 4.78 is 5.47. The van der Waals surface area contributed by atoms with Crippen molar-refractivity contribution < 1.29 is 9.53 Å². The summed E-state index contributed by atoms with van der Waals surface area (Å²) in [5, 5.41) is 0.685. The van der Waals surface area contributed by atoms with Gasteiger partial charge in [-0.05, 0) is 36.6 Å². The number of ether oxygens (including phenoxy) is 1. The van der Waals surface area contributed by atoms with E-state index in [0.717, 1.165) is 11.1 Å². The second kappa shape index (κ2) is 7.82. The first-order valence-corrected chi connectivity index (χ1v) is 8.70. The van der Waals surface area contributed by atoms with Crippen LogP contribution in [0.4, 0.5) is 0 Å². The van der Waals surface area contributed by atoms with E-state index in [1.165, 1.54) is 0 Å². The van der Waals surface area contributed by atoms with Crippen LogP contribution in [-0.4, -0.2) is 36.6 Å². The van der Waals surface area contributed by atoms with Crippen LogP contribution in [0.2, 0.25) is 5.02 Å². The minimum Gasteiger partial charge on any atom is -0.377 e. The Balaban J connectivity index is 1.88. The standard InChI is InChI=1S/C20H22ClNO2/c1-15-14-24-12-11-22(15)20(23)19(13-16-5-3-2-4-6-16)17-7-9-18(21)10-8-17/h2-10,15,19H,11-14H2,1H3. The molecule has 4 heteroatoms. The Bertz CT molecular complexity index is 672. The fraction of sp³-hybridized carbons (Fsp3) is 0.350. The van der Waals surface area contributed by atoms with E-state index in [4.69, 9.17) is 16.3 Å². The van der Waals surface area contributed by atoms with Crippen molar-refractivity contribution in [3.63, 3.8) is 0 Å². The molecule has 0 bridgehead atoms. The summed E-state index contributed by atoms with van der Waals surface area (Å²) >= 11 is 6.02. The number of hydrogen-bond donors (Lipinski definition) is 0. The smallest absolute Gasteiger partial charge is 0.230 e. The highest BCUT2D eigenvalue weighted by Crippen LogP contribution is 2.26. The van der Waals surface area contributed by atoms with Crippen molar-refractivity contribution in [2.24, 2.45) is 0 Å². The van der Waals surface area contributed by atoms with Crippen molar-refractivity contribution in [1.29, 1.82) is 0 Å². The molecule has 1 aliphatic heterocycles. The third kappa shape index (κ3) is 3.97. The third-order valence-electron chi connectivity index (χ3n) is 4.50. The number of carbonyl (C=O) groups excluding carboxylic acids is 1. The number of carbonyl (C=O) groups is 1. The van der Waals surface area contributed by atoms with E-state index in [-0.39, 0.29) is 17.9 Å². The molecule has 1 saturated heterocycles. The number of benzene rings is 2. The first kappa shape index (κ1) is 17.0. The maximum atomic E-state index is 13.2. The molecule has 0 spiro atoms. The zero-order chi connectivity index (χ0) is 16.9. The lowest BCUT2D eigenvalue weighted by Gasteiger charge is -2.36. The number of amides is 1. The Morgan fingerprint density at radius 1 is 1.21 bits per heavy atom. The van der Waals surface area contributed by atoms with Crippen molar-refractivity contribution >= 4 is 17.5 Å². The molecular weight excluding hydrogens is 322 g/mol. The summed E-state index contributed by atoms with van der Waals surface area (Å²) in [4.78, 5) is 15.2. The van der Waals surface area contributed by atoms with Gasteiger partial charge in [0.15, 0.2) is 0 Å². The SMILES string of the molecule is CC1COCCN1C(=O)C(Cc1ccccc1)c1ccc(Cl)cc1. The molecule has 0 aliphatic carbocycles. The molecule has 2 atom stereocenters. The largest absolute Gasteiger partial charge is 0.377 e. The minimum atomic E-state index is -0.204. The van der Waals surface area contributed by atoms with E-state index in [2.05, 4.69) is 12.1 Å². The van der Waals surface area contributed by atoms with Crippen molar-refractivity contribution in [3.8, 4) is 0 Å². The van der Waals surface area contributed by atoms with Gasteiger partial charge in [0, 0.05) is 11.6 Å². The highest BCUT2D eigenvalue weighted by Gasteiger charge is 2.30. The molecular formula is C20H22ClNO2. The van der Waals surface area contributed by atoms with Gasteiger partial charge in [-0.15, -0.1) is 0 Å². The van der Waals surface area contributed by atoms with Crippen LogP contribution in [0.5, 0.6) is 0 Å². The number of nitrogens with zero attached hydrogens (tertiary/aromatic N) is 1. The van der Waals surface area contributed by atoms with Gasteiger partial charge in [-0.3, -0.25) is 4.79 Å². The monoisotopic (exact) mass is 343 g/mol. The summed E-state index contributed by atoms with van der Waals surface area (Å²) in [5.41, 5.74) is 2.17. The van der Waals surface area contributed by atoms with Gasteiger partial charge in [0.05, 0.1) is 25.2 Å². The summed E-state index contributed by atoms with van der Waals surface area (Å²) in [6, 6.07) is 17.9. The van der Waals surface area contributed by atoms with Crippen LogP contribution in [0.3, 0.4) is 0 Å². The molecule has 0 aromatic heterocycles. The zero-order valence-corrected chi connectivity index (χ0v) is 14.6. The quantitative estimate of drug-likeness (QED) is 0.842. The number of halogens is 1. The number of rotatable bonds is 4. The summed E-state index contributed by atoms with van der Waals surface area (Å²) in [7, 11) is 0. The Morgan fingerprint density at radius 2 is 1.92 bits per heavy atom. The number of morpholine rings is 1. The van der Waals surface area contributed by atoms with E-state index < -0.39 is 0 Å². The topological polar surface area (TPSA) is 29.5 Å². The van der Waals surface area contributed by atoms with Crippen LogP contribution in [0.15, 0.2) is 54.6 Å². The highest BCUT2D eigenvalue weighted by atomic mass is 35.5. The van der Waals surface area contributed by atoms with Gasteiger partial charge in [-0.1, -0.05) is 54.1 Å². The maximum Gasteiger partial charge on any atom is 0.230 e. The Morgan fingerprint density at radius 3 is 2.58 bits per heavy atom. The van der Waals surface area contributed by atoms with Crippen molar-refractivity contribution in [3.05, 3.63) is 70.7 Å². The molecule has 24 heavy (non-hydrogen) atoms. The molecule has 1 aliphatic rings. The molecule has 2 unspecified atom stereocenters. The molecule has 1 heterocycles. The van der Waals surface area contributed by atoms with Gasteiger partial charge < -0.3 is 9.64 Å². The Labute approximate surface area is 148 Å². The number of hydrogen-bond acceptors (Lipinski definition) is 2. The molecule has 0 N–H and O–H groups in total. The average Bonchev–Trinajstić information content (AvgIpc) is 2.61. The fourth-order valence-corrected chi connectivity index (χ4v) is 3.27. The van der Waals surface area contributed by atoms with E-state index in [1.807, 2.05) is 54.3 Å². The van der Waals surface area contributed by atoms with E-state index >= 15 is 0 Å². The van der Waals surface area contributed by atoms with Gasteiger partial charge in [-0.25, -0.2) is 0 Å². The van der Waals surface area contributed by atoms with E-state index in [9.17, 15) is 4.79 Å². The molecule has 126 valence electrons. The molecule has 3 nitrogen and oxygen atoms in total. The van der Waals surface area contributed by atoms with Crippen molar-refractivity contribution in [2.45, 2.75) is 25.3 Å². The van der Waals surface area contributed by atoms with Crippen LogP contribution >= 0.6 is 11.6 Å².